The second-order valence-electron chi connectivity index (χ2n) is 15.0. The Balaban J connectivity index is 1.60. The lowest BCUT2D eigenvalue weighted by molar-refractivity contribution is -0.177. The van der Waals surface area contributed by atoms with Crippen molar-refractivity contribution in [3.8, 4) is 0 Å². The van der Waals surface area contributed by atoms with Crippen LogP contribution in [0.15, 0.2) is 11.6 Å². The fourth-order valence-electron chi connectivity index (χ4n) is 10.5. The van der Waals surface area contributed by atoms with Crippen LogP contribution in [0.3, 0.4) is 0 Å². The molecule has 5 rings (SSSR count). The van der Waals surface area contributed by atoms with Gasteiger partial charge in [-0.25, -0.2) is 0 Å². The molecule has 0 aromatic rings. The quantitative estimate of drug-likeness (QED) is 0.349. The Kier molecular flexibility index (Phi) is 4.46. The van der Waals surface area contributed by atoms with E-state index in [-0.39, 0.29) is 0 Å². The van der Waals surface area contributed by atoms with Crippen molar-refractivity contribution in [2.75, 3.05) is 0 Å². The first-order valence-corrected chi connectivity index (χ1v) is 13.5. The van der Waals surface area contributed by atoms with Gasteiger partial charge in [0.05, 0.1) is 0 Å². The minimum atomic E-state index is 0.416. The summed E-state index contributed by atoms with van der Waals surface area (Å²) in [5.74, 6) is 2.70. The molecule has 0 N–H and O–H groups in total. The minimum Gasteiger partial charge on any atom is -0.0836 e. The van der Waals surface area contributed by atoms with Gasteiger partial charge in [-0.05, 0) is 108 Å². The van der Waals surface area contributed by atoms with Gasteiger partial charge in [0.2, 0.25) is 0 Å². The second kappa shape index (κ2) is 6.20. The van der Waals surface area contributed by atoms with Gasteiger partial charge in [-0.1, -0.05) is 79.9 Å². The van der Waals surface area contributed by atoms with Crippen LogP contribution < -0.4 is 0 Å². The third kappa shape index (κ3) is 2.52. The fourth-order valence-corrected chi connectivity index (χ4v) is 10.5. The molecular weight excluding hydrogens is 360 g/mol. The molecule has 4 fully saturated rings. The molecule has 30 heavy (non-hydrogen) atoms. The fraction of sp³-hybridized carbons (Fsp3) is 0.933. The largest absolute Gasteiger partial charge is 0.0836 e. The predicted octanol–water partition coefficient (Wildman–Crippen LogP) is 9.20. The summed E-state index contributed by atoms with van der Waals surface area (Å²) >= 11 is 0. The van der Waals surface area contributed by atoms with Gasteiger partial charge >= 0.3 is 0 Å². The molecule has 5 aliphatic rings. The maximum absolute atomic E-state index is 2.84. The van der Waals surface area contributed by atoms with Gasteiger partial charge in [-0.15, -0.1) is 0 Å². The number of hydrogen-bond donors (Lipinski definition) is 0. The minimum absolute atomic E-state index is 0.416. The molecule has 0 heteroatoms. The standard InChI is InChI=1S/C30H50/c1-21-10-9-11-22-27(21,5)13-12-23-28(22,6)17-19-30(8)24-20-25(2,3)14-15-26(24,4)16-18-29(23,30)7/h12,21-22,24H,9-11,13-20H2,1-8H3/t21-,22+,24+,26+,27+,28-,29+,30-/m0/s1. The van der Waals surface area contributed by atoms with E-state index < -0.39 is 0 Å². The van der Waals surface area contributed by atoms with Gasteiger partial charge in [0.15, 0.2) is 0 Å². The Bertz CT molecular complexity index is 758. The second-order valence-corrected chi connectivity index (χ2v) is 15.0. The van der Waals surface area contributed by atoms with E-state index in [1.807, 2.05) is 5.57 Å². The average Bonchev–Trinajstić information content (AvgIpc) is 2.67. The van der Waals surface area contributed by atoms with E-state index in [9.17, 15) is 0 Å². The smallest absolute Gasteiger partial charge is 0.00540 e. The van der Waals surface area contributed by atoms with Crippen molar-refractivity contribution >= 4 is 0 Å². The number of hydrogen-bond acceptors (Lipinski definition) is 0. The van der Waals surface area contributed by atoms with Crippen LogP contribution in [0.1, 0.15) is 126 Å². The summed E-state index contributed by atoms with van der Waals surface area (Å²) < 4.78 is 0. The Morgan fingerprint density at radius 2 is 1.47 bits per heavy atom. The zero-order chi connectivity index (χ0) is 21.8. The normalized spacial score (nSPS) is 57.3. The molecule has 0 aromatic carbocycles. The zero-order valence-corrected chi connectivity index (χ0v) is 21.6. The first-order valence-electron chi connectivity index (χ1n) is 13.5. The highest BCUT2D eigenvalue weighted by molar-refractivity contribution is 5.36. The van der Waals surface area contributed by atoms with Crippen molar-refractivity contribution < 1.29 is 0 Å². The molecule has 0 heterocycles. The van der Waals surface area contributed by atoms with Crippen LogP contribution in [0.4, 0.5) is 0 Å². The van der Waals surface area contributed by atoms with Crippen LogP contribution in [0.2, 0.25) is 0 Å². The van der Waals surface area contributed by atoms with Crippen molar-refractivity contribution in [2.45, 2.75) is 126 Å². The molecule has 0 aromatic heterocycles. The van der Waals surface area contributed by atoms with Gasteiger partial charge in [-0.3, -0.25) is 0 Å². The topological polar surface area (TPSA) is 0 Å². The first kappa shape index (κ1) is 21.6. The van der Waals surface area contributed by atoms with Crippen LogP contribution in [-0.4, -0.2) is 0 Å². The molecule has 5 aliphatic carbocycles. The van der Waals surface area contributed by atoms with Crippen LogP contribution in [0, 0.1) is 50.2 Å². The van der Waals surface area contributed by atoms with E-state index in [2.05, 4.69) is 61.5 Å². The maximum atomic E-state index is 2.84. The van der Waals surface area contributed by atoms with E-state index in [0.717, 1.165) is 17.8 Å². The SMILES string of the molecule is C[C@H]1CCC[C@@H]2[C@]1(C)CC=C1[C@@]2(C)CC[C@@]2(C)[C@@H]3CC(C)(C)CC[C@]3(C)CC[C@]12C. The van der Waals surface area contributed by atoms with Gasteiger partial charge in [-0.2, -0.15) is 0 Å². The van der Waals surface area contributed by atoms with Crippen molar-refractivity contribution in [2.24, 2.45) is 50.2 Å². The highest BCUT2D eigenvalue weighted by Crippen LogP contribution is 2.77. The van der Waals surface area contributed by atoms with Crippen molar-refractivity contribution in [1.82, 2.24) is 0 Å². The van der Waals surface area contributed by atoms with Gasteiger partial charge in [0, 0.05) is 0 Å². The third-order valence-electron chi connectivity index (χ3n) is 13.1. The number of rotatable bonds is 0. The molecule has 8 atom stereocenters. The Morgan fingerprint density at radius 3 is 2.20 bits per heavy atom. The zero-order valence-electron chi connectivity index (χ0n) is 21.6. The Morgan fingerprint density at radius 1 is 0.767 bits per heavy atom. The summed E-state index contributed by atoms with van der Waals surface area (Å²) in [6, 6.07) is 0. The van der Waals surface area contributed by atoms with Crippen LogP contribution in [0.5, 0.6) is 0 Å². The summed E-state index contributed by atoms with van der Waals surface area (Å²) in [5.41, 5.74) is 4.94. The van der Waals surface area contributed by atoms with Gasteiger partial charge in [0.25, 0.3) is 0 Å². The van der Waals surface area contributed by atoms with E-state index in [0.29, 0.717) is 32.5 Å². The number of allylic oxidation sites excluding steroid dienone is 2. The molecule has 0 radical (unpaired) electrons. The molecule has 170 valence electrons. The summed E-state index contributed by atoms with van der Waals surface area (Å²) in [7, 11) is 0. The van der Waals surface area contributed by atoms with Crippen molar-refractivity contribution in [3.63, 3.8) is 0 Å². The molecule has 0 aliphatic heterocycles. The number of fused-ring (bicyclic) bond motifs is 7. The summed E-state index contributed by atoms with van der Waals surface area (Å²) in [5, 5.41) is 0. The predicted molar refractivity (Wildman–Crippen MR) is 129 cm³/mol. The van der Waals surface area contributed by atoms with Crippen LogP contribution >= 0.6 is 0 Å². The van der Waals surface area contributed by atoms with Crippen molar-refractivity contribution in [1.29, 1.82) is 0 Å². The lowest BCUT2D eigenvalue weighted by atomic mass is 9.32. The first-order chi connectivity index (χ1) is 13.8. The maximum Gasteiger partial charge on any atom is -0.00540 e. The highest BCUT2D eigenvalue weighted by Gasteiger charge is 2.68. The third-order valence-corrected chi connectivity index (χ3v) is 13.1. The van der Waals surface area contributed by atoms with Crippen LogP contribution in [-0.2, 0) is 0 Å². The van der Waals surface area contributed by atoms with E-state index in [4.69, 9.17) is 0 Å². The van der Waals surface area contributed by atoms with Crippen molar-refractivity contribution in [3.05, 3.63) is 11.6 Å². The molecular formula is C30H50. The monoisotopic (exact) mass is 410 g/mol. The molecule has 0 spiro atoms. The van der Waals surface area contributed by atoms with E-state index in [1.54, 1.807) is 0 Å². The van der Waals surface area contributed by atoms with Gasteiger partial charge in [0.1, 0.15) is 0 Å². The molecule has 0 saturated heterocycles. The summed E-state index contributed by atoms with van der Waals surface area (Å²) in [6.45, 7) is 21.3. The lowest BCUT2D eigenvalue weighted by Gasteiger charge is -2.72. The van der Waals surface area contributed by atoms with Crippen LogP contribution in [0.25, 0.3) is 0 Å². The average molecular weight is 411 g/mol. The molecule has 4 saturated carbocycles. The molecule has 0 nitrogen and oxygen atoms in total. The Hall–Kier alpha value is -0.260. The molecule has 0 amide bonds. The molecule has 0 unspecified atom stereocenters. The van der Waals surface area contributed by atoms with Gasteiger partial charge < -0.3 is 0 Å². The van der Waals surface area contributed by atoms with E-state index >= 15 is 0 Å². The van der Waals surface area contributed by atoms with E-state index in [1.165, 1.54) is 70.6 Å². The Labute approximate surface area is 188 Å². The summed E-state index contributed by atoms with van der Waals surface area (Å²) in [6.07, 6.45) is 18.8. The summed E-state index contributed by atoms with van der Waals surface area (Å²) in [4.78, 5) is 0. The molecule has 0 bridgehead atoms. The highest BCUT2D eigenvalue weighted by atomic mass is 14.7. The lowest BCUT2D eigenvalue weighted by Crippen LogP contribution is -2.63.